The van der Waals surface area contributed by atoms with Gasteiger partial charge in [-0.3, -0.25) is 0 Å². The third-order valence-electron chi connectivity index (χ3n) is 10.2. The van der Waals surface area contributed by atoms with Crippen molar-refractivity contribution >= 4 is 89.8 Å². The summed E-state index contributed by atoms with van der Waals surface area (Å²) in [7, 11) is 0. The third kappa shape index (κ3) is 4.93. The van der Waals surface area contributed by atoms with Gasteiger partial charge in [-0.25, -0.2) is 0 Å². The van der Waals surface area contributed by atoms with Crippen LogP contribution in [0.1, 0.15) is 0 Å². The lowest BCUT2D eigenvalue weighted by Gasteiger charge is -2.33. The molecule has 0 unspecified atom stereocenters. The van der Waals surface area contributed by atoms with Crippen LogP contribution in [0.5, 0.6) is 0 Å². The average Bonchev–Trinajstić information content (AvgIpc) is 3.78. The van der Waals surface area contributed by atoms with Crippen LogP contribution in [-0.2, 0) is 0 Å². The van der Waals surface area contributed by atoms with Crippen LogP contribution in [0.25, 0.3) is 55.0 Å². The Bertz CT molecular complexity index is 2850. The van der Waals surface area contributed by atoms with Crippen molar-refractivity contribution < 1.29 is 8.83 Å². The maximum absolute atomic E-state index is 6.36. The molecule has 0 fully saturated rings. The molecule has 5 heteroatoms. The van der Waals surface area contributed by atoms with Gasteiger partial charge in [-0.2, -0.15) is 0 Å². The van der Waals surface area contributed by atoms with Crippen LogP contribution in [0.15, 0.2) is 201 Å². The fourth-order valence-corrected chi connectivity index (χ4v) is 8.82. The van der Waals surface area contributed by atoms with E-state index in [-0.39, 0.29) is 0 Å². The van der Waals surface area contributed by atoms with Crippen LogP contribution in [0.3, 0.4) is 0 Å². The maximum atomic E-state index is 6.36. The zero-order valence-corrected chi connectivity index (χ0v) is 29.3. The minimum absolute atomic E-state index is 0.853. The van der Waals surface area contributed by atoms with Crippen molar-refractivity contribution in [3.8, 4) is 11.1 Å². The monoisotopic (exact) mass is 698 g/mol. The molecule has 8 aromatic carbocycles. The van der Waals surface area contributed by atoms with Gasteiger partial charge in [-0.05, 0) is 96.1 Å². The molecule has 0 saturated heterocycles. The highest BCUT2D eigenvalue weighted by molar-refractivity contribution is 7.99. The Morgan fingerprint density at radius 1 is 0.377 bits per heavy atom. The van der Waals surface area contributed by atoms with Crippen molar-refractivity contribution in [1.29, 1.82) is 0 Å². The van der Waals surface area contributed by atoms with Crippen LogP contribution in [0, 0.1) is 0 Å². The Kier molecular flexibility index (Phi) is 6.76. The van der Waals surface area contributed by atoms with Crippen molar-refractivity contribution in [2.24, 2.45) is 0 Å². The number of hydrogen-bond donors (Lipinski definition) is 0. The summed E-state index contributed by atoms with van der Waals surface area (Å²) in [5.74, 6) is 0. The van der Waals surface area contributed by atoms with Crippen molar-refractivity contribution in [3.05, 3.63) is 182 Å². The Morgan fingerprint density at radius 2 is 0.887 bits per heavy atom. The van der Waals surface area contributed by atoms with E-state index in [2.05, 4.69) is 168 Å². The molecular weight excluding hydrogens is 669 g/mol. The molecule has 0 saturated carbocycles. The molecule has 0 N–H and O–H groups in total. The number of fused-ring (bicyclic) bond motifs is 8. The SMILES string of the molecule is c1cc(-c2ccc(N(c3ccc4c(c3)oc3ccccc34)c3ccc4c(c3)oc3ccccc34)cc2)cc(N2c3ccccc3Sc3ccccc32)c1. The fraction of sp³-hybridized carbons (Fsp3) is 0. The first-order valence-corrected chi connectivity index (χ1v) is 18.6. The number of nitrogens with zero attached hydrogens (tertiary/aromatic N) is 2. The number of furan rings is 2. The van der Waals surface area contributed by atoms with Crippen LogP contribution >= 0.6 is 11.8 Å². The highest BCUT2D eigenvalue weighted by Gasteiger charge is 2.24. The van der Waals surface area contributed by atoms with Crippen molar-refractivity contribution in [2.45, 2.75) is 9.79 Å². The zero-order valence-electron chi connectivity index (χ0n) is 28.4. The molecule has 0 amide bonds. The number of hydrogen-bond acceptors (Lipinski definition) is 5. The van der Waals surface area contributed by atoms with E-state index in [1.54, 1.807) is 0 Å². The van der Waals surface area contributed by atoms with E-state index in [0.717, 1.165) is 77.8 Å². The first-order chi connectivity index (χ1) is 26.2. The zero-order chi connectivity index (χ0) is 34.9. The molecule has 4 nitrogen and oxygen atoms in total. The molecule has 0 aliphatic carbocycles. The van der Waals surface area contributed by atoms with Gasteiger partial charge >= 0.3 is 0 Å². The summed E-state index contributed by atoms with van der Waals surface area (Å²) in [5.41, 5.74) is 12.3. The predicted molar refractivity (Wildman–Crippen MR) is 220 cm³/mol. The first kappa shape index (κ1) is 30.0. The first-order valence-electron chi connectivity index (χ1n) is 17.7. The molecule has 0 radical (unpaired) electrons. The maximum Gasteiger partial charge on any atom is 0.137 e. The summed E-state index contributed by atoms with van der Waals surface area (Å²) in [6, 6.07) is 64.4. The van der Waals surface area contributed by atoms with Gasteiger partial charge in [0.2, 0.25) is 0 Å². The van der Waals surface area contributed by atoms with E-state index >= 15 is 0 Å². The highest BCUT2D eigenvalue weighted by atomic mass is 32.2. The minimum atomic E-state index is 0.853. The normalized spacial score (nSPS) is 12.4. The Morgan fingerprint density at radius 3 is 1.49 bits per heavy atom. The number of anilines is 6. The second-order valence-corrected chi connectivity index (χ2v) is 14.4. The second-order valence-electron chi connectivity index (χ2n) is 13.4. The molecule has 0 bridgehead atoms. The van der Waals surface area contributed by atoms with Gasteiger partial charge in [-0.15, -0.1) is 0 Å². The molecule has 1 aliphatic rings. The van der Waals surface area contributed by atoms with Gasteiger partial charge < -0.3 is 18.6 Å². The van der Waals surface area contributed by atoms with Crippen LogP contribution in [-0.4, -0.2) is 0 Å². The van der Waals surface area contributed by atoms with Crippen LogP contribution in [0.4, 0.5) is 34.1 Å². The van der Waals surface area contributed by atoms with Crippen molar-refractivity contribution in [1.82, 2.24) is 0 Å². The molecule has 11 rings (SSSR count). The molecular formula is C48H30N2O2S. The van der Waals surface area contributed by atoms with Crippen molar-refractivity contribution in [3.63, 3.8) is 0 Å². The molecule has 0 spiro atoms. The van der Waals surface area contributed by atoms with E-state index in [4.69, 9.17) is 8.83 Å². The standard InChI is InChI=1S/C48H30N2O2S/c1-5-16-43-37(12-1)39-26-24-35(29-45(39)51-43)49(36-25-27-40-38-13-2-6-17-44(38)52-46(40)30-36)33-22-20-31(21-23-33)32-10-9-11-34(28-32)50-41-14-3-7-18-47(41)53-48-19-8-4-15-42(48)50/h1-30H. The Hall–Kier alpha value is -6.69. The lowest BCUT2D eigenvalue weighted by Crippen LogP contribution is -2.14. The molecule has 250 valence electrons. The summed E-state index contributed by atoms with van der Waals surface area (Å²) in [4.78, 5) is 7.16. The van der Waals surface area contributed by atoms with E-state index < -0.39 is 0 Å². The molecule has 53 heavy (non-hydrogen) atoms. The van der Waals surface area contributed by atoms with Crippen LogP contribution in [0.2, 0.25) is 0 Å². The van der Waals surface area contributed by atoms with Crippen molar-refractivity contribution in [2.75, 3.05) is 9.80 Å². The topological polar surface area (TPSA) is 32.8 Å². The summed E-state index contributed by atoms with van der Waals surface area (Å²) < 4.78 is 12.7. The van der Waals surface area contributed by atoms with E-state index in [9.17, 15) is 0 Å². The molecule has 0 atom stereocenters. The summed E-state index contributed by atoms with van der Waals surface area (Å²) in [6.45, 7) is 0. The third-order valence-corrected chi connectivity index (χ3v) is 11.4. The second kappa shape index (κ2) is 11.9. The van der Waals surface area contributed by atoms with Gasteiger partial charge in [0, 0.05) is 66.2 Å². The number of benzene rings is 8. The average molecular weight is 699 g/mol. The van der Waals surface area contributed by atoms with Gasteiger partial charge in [-0.1, -0.05) is 96.7 Å². The predicted octanol–water partition coefficient (Wildman–Crippen LogP) is 14.6. The molecule has 10 aromatic rings. The Labute approximate surface area is 310 Å². The van der Waals surface area contributed by atoms with Gasteiger partial charge in [0.25, 0.3) is 0 Å². The van der Waals surface area contributed by atoms with E-state index in [0.29, 0.717) is 0 Å². The van der Waals surface area contributed by atoms with E-state index in [1.165, 1.54) is 21.2 Å². The smallest absolute Gasteiger partial charge is 0.137 e. The number of para-hydroxylation sites is 4. The Balaban J connectivity index is 1.01. The lowest BCUT2D eigenvalue weighted by atomic mass is 10.0. The molecule has 1 aliphatic heterocycles. The van der Waals surface area contributed by atoms with E-state index in [1.807, 2.05) is 36.0 Å². The quantitative estimate of drug-likeness (QED) is 0.179. The highest BCUT2D eigenvalue weighted by Crippen LogP contribution is 2.51. The largest absolute Gasteiger partial charge is 0.456 e. The molecule has 3 heterocycles. The summed E-state index contributed by atoms with van der Waals surface area (Å²) in [5, 5.41) is 4.44. The van der Waals surface area contributed by atoms with Crippen LogP contribution < -0.4 is 9.80 Å². The lowest BCUT2D eigenvalue weighted by molar-refractivity contribution is 0.669. The molecule has 2 aromatic heterocycles. The van der Waals surface area contributed by atoms with Gasteiger partial charge in [0.05, 0.1) is 11.4 Å². The minimum Gasteiger partial charge on any atom is -0.456 e. The summed E-state index contributed by atoms with van der Waals surface area (Å²) >= 11 is 1.83. The number of rotatable bonds is 5. The fourth-order valence-electron chi connectivity index (χ4n) is 7.76. The van der Waals surface area contributed by atoms with Gasteiger partial charge in [0.1, 0.15) is 22.3 Å². The van der Waals surface area contributed by atoms with Gasteiger partial charge in [0.15, 0.2) is 0 Å². The summed E-state index contributed by atoms with van der Waals surface area (Å²) in [6.07, 6.45) is 0.